The number of amides is 2. The molecule has 4 N–H and O–H groups in total. The number of nitro groups is 1. The molecule has 1 fully saturated rings. The number of nitro benzene ring substituents is 1. The maximum Gasteiger partial charge on any atom is 0.293 e. The summed E-state index contributed by atoms with van der Waals surface area (Å²) in [5, 5.41) is 15.7. The van der Waals surface area contributed by atoms with Crippen molar-refractivity contribution in [1.29, 1.82) is 0 Å². The number of hydrogen-bond donors (Lipinski definition) is 3. The summed E-state index contributed by atoms with van der Waals surface area (Å²) in [4.78, 5) is 41.3. The van der Waals surface area contributed by atoms with Crippen molar-refractivity contribution in [3.8, 4) is 11.1 Å². The summed E-state index contributed by atoms with van der Waals surface area (Å²) in [5.74, 6) is -1.12. The lowest BCUT2D eigenvalue weighted by molar-refractivity contribution is -0.384. The molecule has 1 heterocycles. The second-order valence-corrected chi connectivity index (χ2v) is 16.2. The Bertz CT molecular complexity index is 2250. The highest BCUT2D eigenvalue weighted by Crippen LogP contribution is 2.31. The monoisotopic (exact) mass is 798 g/mol. The number of carbonyl (C=O) groups excluding carboxylic acids is 2. The van der Waals surface area contributed by atoms with E-state index < -0.39 is 43.4 Å². The Hall–Kier alpha value is -5.41. The van der Waals surface area contributed by atoms with Crippen LogP contribution in [0.4, 0.5) is 17.1 Å². The second kappa shape index (κ2) is 17.8. The number of primary amides is 1. The number of thioether (sulfide) groups is 1. The maximum atomic E-state index is 13.3. The van der Waals surface area contributed by atoms with Gasteiger partial charge in [-0.2, -0.15) is 0 Å². The number of benzene rings is 5. The number of sulfonamides is 1. The van der Waals surface area contributed by atoms with Crippen LogP contribution in [-0.4, -0.2) is 68.0 Å². The van der Waals surface area contributed by atoms with Crippen LogP contribution in [0.2, 0.25) is 5.02 Å². The predicted molar refractivity (Wildman–Crippen MR) is 217 cm³/mol. The summed E-state index contributed by atoms with van der Waals surface area (Å²) >= 11 is 7.54. The minimum Gasteiger partial charge on any atom is -0.375 e. The number of piperazine rings is 1. The van der Waals surface area contributed by atoms with Gasteiger partial charge in [0.1, 0.15) is 5.69 Å². The van der Waals surface area contributed by atoms with Crippen molar-refractivity contribution in [2.45, 2.75) is 28.8 Å². The number of nitrogens with two attached hydrogens (primary N) is 1. The van der Waals surface area contributed by atoms with E-state index in [2.05, 4.69) is 27.2 Å². The van der Waals surface area contributed by atoms with Gasteiger partial charge in [0.25, 0.3) is 21.6 Å². The Kier molecular flexibility index (Phi) is 12.7. The zero-order valence-electron chi connectivity index (χ0n) is 29.6. The molecule has 2 amide bonds. The fraction of sp³-hybridized carbons (Fsp3) is 0.200. The fourth-order valence-corrected chi connectivity index (χ4v) is 8.38. The van der Waals surface area contributed by atoms with Gasteiger partial charge in [0, 0.05) is 78.2 Å². The Morgan fingerprint density at radius 2 is 1.55 bits per heavy atom. The molecule has 1 saturated heterocycles. The van der Waals surface area contributed by atoms with Crippen LogP contribution < -0.4 is 20.7 Å². The van der Waals surface area contributed by atoms with E-state index in [-0.39, 0.29) is 17.7 Å². The van der Waals surface area contributed by atoms with E-state index in [9.17, 15) is 28.1 Å². The third kappa shape index (κ3) is 10.4. The first-order chi connectivity index (χ1) is 26.4. The summed E-state index contributed by atoms with van der Waals surface area (Å²) in [7, 11) is -4.49. The first-order valence-corrected chi connectivity index (χ1v) is 20.3. The van der Waals surface area contributed by atoms with Crippen LogP contribution in [0.15, 0.2) is 131 Å². The number of nitrogens with one attached hydrogen (secondary N) is 2. The molecule has 6 rings (SSSR count). The van der Waals surface area contributed by atoms with Gasteiger partial charge in [0.2, 0.25) is 5.91 Å². The van der Waals surface area contributed by atoms with Crippen molar-refractivity contribution in [3.63, 3.8) is 0 Å². The molecule has 0 aromatic heterocycles. The number of halogens is 1. The van der Waals surface area contributed by atoms with E-state index in [4.69, 9.17) is 17.3 Å². The smallest absolute Gasteiger partial charge is 0.293 e. The van der Waals surface area contributed by atoms with Crippen LogP contribution in [0.3, 0.4) is 0 Å². The molecule has 1 aliphatic heterocycles. The largest absolute Gasteiger partial charge is 0.375 e. The minimum atomic E-state index is -4.49. The van der Waals surface area contributed by atoms with Gasteiger partial charge in [-0.3, -0.25) is 24.6 Å². The van der Waals surface area contributed by atoms with Gasteiger partial charge in [-0.25, -0.2) is 13.1 Å². The molecule has 12 nitrogen and oxygen atoms in total. The lowest BCUT2D eigenvalue weighted by atomic mass is 9.99. The summed E-state index contributed by atoms with van der Waals surface area (Å²) < 4.78 is 28.6. The van der Waals surface area contributed by atoms with Gasteiger partial charge in [-0.05, 0) is 77.4 Å². The zero-order valence-corrected chi connectivity index (χ0v) is 32.0. The normalized spacial score (nSPS) is 13.9. The van der Waals surface area contributed by atoms with Crippen molar-refractivity contribution < 1.29 is 22.9 Å². The van der Waals surface area contributed by atoms with Crippen molar-refractivity contribution >= 4 is 62.3 Å². The van der Waals surface area contributed by atoms with Gasteiger partial charge in [0.05, 0.1) is 9.82 Å². The Labute approximate surface area is 328 Å². The summed E-state index contributed by atoms with van der Waals surface area (Å²) in [6, 6.07) is 34.9. The maximum absolute atomic E-state index is 13.3. The van der Waals surface area contributed by atoms with E-state index in [0.717, 1.165) is 61.0 Å². The number of anilines is 2. The van der Waals surface area contributed by atoms with Gasteiger partial charge in [-0.1, -0.05) is 66.2 Å². The Morgan fingerprint density at radius 1 is 0.873 bits per heavy atom. The van der Waals surface area contributed by atoms with Crippen LogP contribution in [0.5, 0.6) is 0 Å². The van der Waals surface area contributed by atoms with Crippen LogP contribution in [0.25, 0.3) is 11.1 Å². The fourth-order valence-electron chi connectivity index (χ4n) is 6.32. The van der Waals surface area contributed by atoms with Crippen molar-refractivity contribution in [2.75, 3.05) is 42.1 Å². The zero-order chi connectivity index (χ0) is 39.0. The molecule has 1 aliphatic rings. The third-order valence-electron chi connectivity index (χ3n) is 9.14. The van der Waals surface area contributed by atoms with E-state index in [0.29, 0.717) is 10.8 Å². The topological polar surface area (TPSA) is 168 Å². The standard InChI is InChI=1S/C40H39ClN6O6S2/c41-31-14-10-28(11-15-31)36-9-5-4-6-30(36)26-45-20-22-46(23-21-45)33-16-12-29(13-17-33)40(49)44-55(52,53)35-18-19-37(38(25-35)47(50)51)43-32(24-39(42)48)27-54-34-7-2-1-3-8-34/h1-19,25,32,43H,20-24,26-27H2,(H2,42,48)(H,44,49)/t32-/m1/s1. The molecule has 5 aromatic carbocycles. The molecule has 0 bridgehead atoms. The molecule has 5 aromatic rings. The lowest BCUT2D eigenvalue weighted by Gasteiger charge is -2.36. The molecular weight excluding hydrogens is 760 g/mol. The van der Waals surface area contributed by atoms with Crippen molar-refractivity contribution in [1.82, 2.24) is 9.62 Å². The molecule has 15 heteroatoms. The minimum absolute atomic E-state index is 0.00867. The Morgan fingerprint density at radius 3 is 2.22 bits per heavy atom. The molecule has 0 saturated carbocycles. The summed E-state index contributed by atoms with van der Waals surface area (Å²) in [6.07, 6.45) is -0.108. The van der Waals surface area contributed by atoms with Gasteiger partial charge < -0.3 is 16.0 Å². The quantitative estimate of drug-likeness (QED) is 0.0582. The van der Waals surface area contributed by atoms with E-state index >= 15 is 0 Å². The van der Waals surface area contributed by atoms with Gasteiger partial charge in [-0.15, -0.1) is 11.8 Å². The van der Waals surface area contributed by atoms with Crippen molar-refractivity contribution in [3.05, 3.63) is 148 Å². The Balaban J connectivity index is 1.06. The highest BCUT2D eigenvalue weighted by atomic mass is 35.5. The van der Waals surface area contributed by atoms with Gasteiger partial charge in [0.15, 0.2) is 0 Å². The first kappa shape index (κ1) is 39.3. The van der Waals surface area contributed by atoms with Crippen LogP contribution in [-0.2, 0) is 21.4 Å². The number of carbonyl (C=O) groups is 2. The van der Waals surface area contributed by atoms with E-state index in [1.165, 1.54) is 29.0 Å². The average molecular weight is 799 g/mol. The highest BCUT2D eigenvalue weighted by molar-refractivity contribution is 7.99. The summed E-state index contributed by atoms with van der Waals surface area (Å²) in [6.45, 7) is 3.98. The van der Waals surface area contributed by atoms with Crippen molar-refractivity contribution in [2.24, 2.45) is 5.73 Å². The summed E-state index contributed by atoms with van der Waals surface area (Å²) in [5.41, 5.74) is 9.44. The molecule has 284 valence electrons. The molecule has 0 aliphatic carbocycles. The number of hydrogen-bond acceptors (Lipinski definition) is 10. The molecule has 1 atom stereocenters. The lowest BCUT2D eigenvalue weighted by Crippen LogP contribution is -2.46. The van der Waals surface area contributed by atoms with E-state index in [1.54, 1.807) is 24.3 Å². The van der Waals surface area contributed by atoms with Crippen LogP contribution in [0.1, 0.15) is 22.3 Å². The molecule has 0 spiro atoms. The second-order valence-electron chi connectivity index (χ2n) is 13.0. The van der Waals surface area contributed by atoms with E-state index in [1.807, 2.05) is 71.5 Å². The molecule has 55 heavy (non-hydrogen) atoms. The number of rotatable bonds is 15. The predicted octanol–water partition coefficient (Wildman–Crippen LogP) is 6.80. The van der Waals surface area contributed by atoms with Crippen LogP contribution in [0, 0.1) is 10.1 Å². The molecular formula is C40H39ClN6O6S2. The molecule has 0 unspecified atom stereocenters. The molecule has 0 radical (unpaired) electrons. The first-order valence-electron chi connectivity index (χ1n) is 17.4. The van der Waals surface area contributed by atoms with Crippen LogP contribution >= 0.6 is 23.4 Å². The SMILES string of the molecule is NC(=O)C[C@H](CSc1ccccc1)Nc1ccc(S(=O)(=O)NC(=O)c2ccc(N3CCN(Cc4ccccc4-c4ccc(Cl)cc4)CC3)cc2)cc1[N+](=O)[O-]. The highest BCUT2D eigenvalue weighted by Gasteiger charge is 2.26. The third-order valence-corrected chi connectivity index (χ3v) is 11.9. The van der Waals surface area contributed by atoms with Gasteiger partial charge >= 0.3 is 0 Å². The number of nitrogens with zero attached hydrogens (tertiary/aromatic N) is 3. The average Bonchev–Trinajstić information content (AvgIpc) is 3.18.